The molecule has 6 rings (SSSR count). The fourth-order valence-electron chi connectivity index (χ4n) is 5.23. The van der Waals surface area contributed by atoms with E-state index in [0.29, 0.717) is 19.7 Å². The molecule has 180 valence electrons. The summed E-state index contributed by atoms with van der Waals surface area (Å²) >= 11 is 0. The molecule has 1 unspecified atom stereocenters. The highest BCUT2D eigenvalue weighted by Gasteiger charge is 2.31. The number of benzene rings is 3. The first-order valence-electron chi connectivity index (χ1n) is 11.5. The zero-order valence-electron chi connectivity index (χ0n) is 19.1. The van der Waals surface area contributed by atoms with Crippen LogP contribution in [-0.4, -0.2) is 42.2 Å². The van der Waals surface area contributed by atoms with Gasteiger partial charge < -0.3 is 15.0 Å². The van der Waals surface area contributed by atoms with Crippen molar-refractivity contribution < 1.29 is 9.53 Å². The van der Waals surface area contributed by atoms with Crippen LogP contribution in [0.5, 0.6) is 0 Å². The molecule has 1 aromatic heterocycles. The van der Waals surface area contributed by atoms with Crippen LogP contribution in [0.3, 0.4) is 0 Å². The fourth-order valence-corrected chi connectivity index (χ4v) is 5.23. The number of piperazine rings is 1. The number of para-hydroxylation sites is 1. The Hall–Kier alpha value is -3.12. The van der Waals surface area contributed by atoms with E-state index >= 15 is 0 Å². The van der Waals surface area contributed by atoms with Crippen LogP contribution in [-0.2, 0) is 4.74 Å². The van der Waals surface area contributed by atoms with Crippen LogP contribution in [0.25, 0.3) is 22.0 Å². The maximum Gasteiger partial charge on any atom is 0.409 e. The van der Waals surface area contributed by atoms with Crippen LogP contribution in [0.15, 0.2) is 85.1 Å². The van der Waals surface area contributed by atoms with Crippen LogP contribution in [0.2, 0.25) is 0 Å². The molecule has 35 heavy (non-hydrogen) atoms. The van der Waals surface area contributed by atoms with E-state index in [1.54, 1.807) is 0 Å². The molecule has 1 fully saturated rings. The number of nitrogens with one attached hydrogen (secondary N) is 1. The number of ether oxygens (including phenoxy) is 1. The van der Waals surface area contributed by atoms with Crippen LogP contribution in [0.4, 0.5) is 4.79 Å². The molecule has 0 spiro atoms. The van der Waals surface area contributed by atoms with Gasteiger partial charge in [0.2, 0.25) is 0 Å². The van der Waals surface area contributed by atoms with E-state index in [0.717, 1.165) is 23.0 Å². The average molecular weight is 508 g/mol. The number of pyridine rings is 1. The first-order valence-corrected chi connectivity index (χ1v) is 11.5. The van der Waals surface area contributed by atoms with Crippen molar-refractivity contribution in [2.24, 2.45) is 0 Å². The number of rotatable bonds is 3. The predicted molar refractivity (Wildman–Crippen MR) is 144 cm³/mol. The molecule has 1 N–H and O–H groups in total. The van der Waals surface area contributed by atoms with Crippen LogP contribution >= 0.6 is 24.8 Å². The zero-order valence-corrected chi connectivity index (χ0v) is 20.7. The SMILES string of the molecule is Cl.Cl.O=C(OCC1c2ccccc2-c2ccccc21)N1CCNC(c2ccnc3ccccc23)C1. The molecule has 0 saturated carbocycles. The van der Waals surface area contributed by atoms with Gasteiger partial charge in [0.1, 0.15) is 6.61 Å². The van der Waals surface area contributed by atoms with E-state index in [1.807, 2.05) is 35.4 Å². The molecule has 0 bridgehead atoms. The summed E-state index contributed by atoms with van der Waals surface area (Å²) in [5, 5.41) is 4.68. The van der Waals surface area contributed by atoms with E-state index in [9.17, 15) is 4.79 Å². The molecule has 1 aliphatic heterocycles. The van der Waals surface area contributed by atoms with E-state index in [1.165, 1.54) is 22.3 Å². The van der Waals surface area contributed by atoms with E-state index in [4.69, 9.17) is 4.74 Å². The van der Waals surface area contributed by atoms with E-state index < -0.39 is 0 Å². The fraction of sp³-hybridized carbons (Fsp3) is 0.214. The van der Waals surface area contributed by atoms with Crippen LogP contribution in [0.1, 0.15) is 28.7 Å². The Balaban J connectivity index is 0.00000144. The van der Waals surface area contributed by atoms with E-state index in [2.05, 4.69) is 64.9 Å². The molecule has 1 amide bonds. The van der Waals surface area contributed by atoms with Crippen molar-refractivity contribution in [2.75, 3.05) is 26.2 Å². The third-order valence-corrected chi connectivity index (χ3v) is 6.83. The second-order valence-electron chi connectivity index (χ2n) is 8.67. The van der Waals surface area contributed by atoms with Gasteiger partial charge in [0, 0.05) is 37.1 Å². The predicted octanol–water partition coefficient (Wildman–Crippen LogP) is 5.97. The summed E-state index contributed by atoms with van der Waals surface area (Å²) in [4.78, 5) is 19.4. The molecule has 0 radical (unpaired) electrons. The smallest absolute Gasteiger partial charge is 0.409 e. The first kappa shape index (κ1) is 25.0. The second kappa shape index (κ2) is 10.6. The number of hydrogen-bond donors (Lipinski definition) is 1. The summed E-state index contributed by atoms with van der Waals surface area (Å²) in [7, 11) is 0. The number of halogens is 2. The van der Waals surface area contributed by atoms with Gasteiger partial charge >= 0.3 is 6.09 Å². The molecular formula is C28H27Cl2N3O2. The van der Waals surface area contributed by atoms with Gasteiger partial charge in [0.05, 0.1) is 11.6 Å². The largest absolute Gasteiger partial charge is 0.448 e. The van der Waals surface area contributed by atoms with Gasteiger partial charge in [-0.05, 0) is 39.9 Å². The Morgan fingerprint density at radius 1 is 0.886 bits per heavy atom. The van der Waals surface area contributed by atoms with Gasteiger partial charge in [0.25, 0.3) is 0 Å². The van der Waals surface area contributed by atoms with Crippen molar-refractivity contribution in [2.45, 2.75) is 12.0 Å². The summed E-state index contributed by atoms with van der Waals surface area (Å²) in [5.74, 6) is 0.0733. The number of hydrogen-bond acceptors (Lipinski definition) is 4. The number of amides is 1. The first-order chi connectivity index (χ1) is 16.3. The highest BCUT2D eigenvalue weighted by molar-refractivity contribution is 5.86. The van der Waals surface area contributed by atoms with Crippen LogP contribution in [0, 0.1) is 0 Å². The Labute approximate surface area is 217 Å². The van der Waals surface area contributed by atoms with Gasteiger partial charge in [-0.15, -0.1) is 24.8 Å². The topological polar surface area (TPSA) is 54.5 Å². The summed E-state index contributed by atoms with van der Waals surface area (Å²) in [6.45, 7) is 2.28. The molecule has 1 aliphatic carbocycles. The molecule has 3 aromatic carbocycles. The molecule has 5 nitrogen and oxygen atoms in total. The van der Waals surface area contributed by atoms with Crippen molar-refractivity contribution in [3.05, 3.63) is 102 Å². The standard InChI is InChI=1S/C28H25N3O2.2ClH/c32-28(33-18-25-21-9-3-1-7-19(21)20-8-2-4-10-22(20)25)31-16-15-30-27(17-31)24-13-14-29-26-12-6-5-11-23(24)26;;/h1-14,25,27,30H,15-18H2;2*1H. The monoisotopic (exact) mass is 507 g/mol. The maximum atomic E-state index is 13.1. The lowest BCUT2D eigenvalue weighted by Crippen LogP contribution is -2.48. The lowest BCUT2D eigenvalue weighted by molar-refractivity contribution is 0.0884. The zero-order chi connectivity index (χ0) is 22.2. The lowest BCUT2D eigenvalue weighted by atomic mass is 9.98. The summed E-state index contributed by atoms with van der Waals surface area (Å²) in [6.07, 6.45) is 1.59. The Kier molecular flexibility index (Phi) is 7.60. The minimum atomic E-state index is -0.248. The van der Waals surface area contributed by atoms with Crippen molar-refractivity contribution in [3.8, 4) is 11.1 Å². The van der Waals surface area contributed by atoms with Gasteiger partial charge in [-0.2, -0.15) is 0 Å². The Morgan fingerprint density at radius 3 is 2.29 bits per heavy atom. The minimum absolute atomic E-state index is 0. The molecular weight excluding hydrogens is 481 g/mol. The molecule has 2 aliphatic rings. The maximum absolute atomic E-state index is 13.1. The number of fused-ring (bicyclic) bond motifs is 4. The van der Waals surface area contributed by atoms with Crippen molar-refractivity contribution in [1.82, 2.24) is 15.2 Å². The second-order valence-corrected chi connectivity index (χ2v) is 8.67. The lowest BCUT2D eigenvalue weighted by Gasteiger charge is -2.34. The molecule has 2 heterocycles. The van der Waals surface area contributed by atoms with Crippen LogP contribution < -0.4 is 5.32 Å². The van der Waals surface area contributed by atoms with Crippen molar-refractivity contribution in [3.63, 3.8) is 0 Å². The number of carbonyl (C=O) groups excluding carboxylic acids is 1. The van der Waals surface area contributed by atoms with Crippen molar-refractivity contribution >= 4 is 41.8 Å². The number of nitrogens with zero attached hydrogens (tertiary/aromatic N) is 2. The third-order valence-electron chi connectivity index (χ3n) is 6.83. The normalized spacial score (nSPS) is 16.6. The van der Waals surface area contributed by atoms with Gasteiger partial charge in [-0.1, -0.05) is 66.7 Å². The minimum Gasteiger partial charge on any atom is -0.448 e. The summed E-state index contributed by atoms with van der Waals surface area (Å²) < 4.78 is 5.90. The summed E-state index contributed by atoms with van der Waals surface area (Å²) in [6, 6.07) is 27.0. The molecule has 1 saturated heterocycles. The number of carbonyl (C=O) groups is 1. The van der Waals surface area contributed by atoms with Crippen molar-refractivity contribution in [1.29, 1.82) is 0 Å². The van der Waals surface area contributed by atoms with Gasteiger partial charge in [-0.25, -0.2) is 4.79 Å². The average Bonchev–Trinajstić information content (AvgIpc) is 3.21. The highest BCUT2D eigenvalue weighted by Crippen LogP contribution is 2.44. The third kappa shape index (κ3) is 4.59. The number of aromatic nitrogens is 1. The molecule has 1 atom stereocenters. The summed E-state index contributed by atoms with van der Waals surface area (Å²) in [5.41, 5.74) is 7.06. The molecule has 7 heteroatoms. The molecule has 4 aromatic rings. The highest BCUT2D eigenvalue weighted by atomic mass is 35.5. The quantitative estimate of drug-likeness (QED) is 0.370. The van der Waals surface area contributed by atoms with Gasteiger partial charge in [-0.3, -0.25) is 4.98 Å². The Morgan fingerprint density at radius 2 is 1.54 bits per heavy atom. The van der Waals surface area contributed by atoms with Gasteiger partial charge in [0.15, 0.2) is 0 Å². The van der Waals surface area contributed by atoms with E-state index in [-0.39, 0.29) is 42.9 Å². The Bertz CT molecular complexity index is 1300.